The van der Waals surface area contributed by atoms with E-state index in [4.69, 9.17) is 5.73 Å². The summed E-state index contributed by atoms with van der Waals surface area (Å²) in [4.78, 5) is 48.1. The van der Waals surface area contributed by atoms with Crippen LogP contribution in [0.5, 0.6) is 0 Å². The monoisotopic (exact) mass is 556 g/mol. The van der Waals surface area contributed by atoms with E-state index in [1.807, 2.05) is 62.6 Å². The summed E-state index contributed by atoms with van der Waals surface area (Å²) in [6, 6.07) is 15.5. The van der Waals surface area contributed by atoms with E-state index in [0.717, 1.165) is 32.9 Å². The molecule has 2 aromatic carbocycles. The van der Waals surface area contributed by atoms with Crippen LogP contribution < -0.4 is 16.4 Å². The van der Waals surface area contributed by atoms with Crippen molar-refractivity contribution in [2.24, 2.45) is 23.5 Å². The number of fused-ring (bicyclic) bond motifs is 2. The Hall–Kier alpha value is -4.11. The van der Waals surface area contributed by atoms with Crippen molar-refractivity contribution in [3.63, 3.8) is 0 Å². The number of hydrogen-bond donors (Lipinski definition) is 5. The van der Waals surface area contributed by atoms with Gasteiger partial charge in [-0.2, -0.15) is 0 Å². The molecule has 3 atom stereocenters. The number of nitrogens with zero attached hydrogens (tertiary/aromatic N) is 1. The lowest BCUT2D eigenvalue weighted by atomic mass is 9.94. The molecule has 6 N–H and O–H groups in total. The van der Waals surface area contributed by atoms with Crippen molar-refractivity contribution in [3.05, 3.63) is 72.1 Å². The molecule has 0 saturated carbocycles. The molecule has 0 bridgehead atoms. The Balaban J connectivity index is 1.22. The standard InChI is InChI=1S/C32H40N6O3/c1-20(2)15-27(33)32(41)38-18-25(30(39)34-13-11-21-16-36-28-9-5-3-7-23(21)28)26(19-38)31(40)35-14-12-22-17-37-29-10-6-4-8-24(22)29/h3-10,16-17,20,25-27,36-37H,11-15,18-19,33H2,1-2H3,(H,34,39)(H,35,40)/t25-,26-,27+/m1/s1. The molecule has 0 aliphatic carbocycles. The maximum absolute atomic E-state index is 13.4. The summed E-state index contributed by atoms with van der Waals surface area (Å²) in [5.41, 5.74) is 10.6. The lowest BCUT2D eigenvalue weighted by Crippen LogP contribution is -2.44. The molecule has 9 nitrogen and oxygen atoms in total. The smallest absolute Gasteiger partial charge is 0.239 e. The molecule has 9 heteroatoms. The highest BCUT2D eigenvalue weighted by atomic mass is 16.2. The van der Waals surface area contributed by atoms with Gasteiger partial charge < -0.3 is 31.2 Å². The third kappa shape index (κ3) is 6.46. The fourth-order valence-electron chi connectivity index (χ4n) is 5.94. The van der Waals surface area contributed by atoms with Gasteiger partial charge in [0.05, 0.1) is 17.9 Å². The van der Waals surface area contributed by atoms with Crippen molar-refractivity contribution in [1.29, 1.82) is 0 Å². The van der Waals surface area contributed by atoms with Gasteiger partial charge in [-0.1, -0.05) is 50.2 Å². The Labute approximate surface area is 240 Å². The van der Waals surface area contributed by atoms with Crippen LogP contribution in [0.15, 0.2) is 60.9 Å². The summed E-state index contributed by atoms with van der Waals surface area (Å²) in [7, 11) is 0. The molecule has 1 fully saturated rings. The van der Waals surface area contributed by atoms with Gasteiger partial charge in [0.2, 0.25) is 17.7 Å². The summed E-state index contributed by atoms with van der Waals surface area (Å²) in [5.74, 6) is -1.64. The molecule has 3 heterocycles. The van der Waals surface area contributed by atoms with E-state index in [1.165, 1.54) is 0 Å². The summed E-state index contributed by atoms with van der Waals surface area (Å²) < 4.78 is 0. The molecule has 3 amide bonds. The van der Waals surface area contributed by atoms with Crippen LogP contribution in [0.1, 0.15) is 31.4 Å². The molecular weight excluding hydrogens is 516 g/mol. The molecule has 0 radical (unpaired) electrons. The average molecular weight is 557 g/mol. The average Bonchev–Trinajstić information content (AvgIpc) is 3.70. The first-order valence-corrected chi connectivity index (χ1v) is 14.5. The van der Waals surface area contributed by atoms with Gasteiger partial charge in [0, 0.05) is 60.4 Å². The summed E-state index contributed by atoms with van der Waals surface area (Å²) in [5, 5.41) is 8.31. The second-order valence-corrected chi connectivity index (χ2v) is 11.5. The highest BCUT2D eigenvalue weighted by molar-refractivity contribution is 5.91. The van der Waals surface area contributed by atoms with Crippen LogP contribution in [0, 0.1) is 17.8 Å². The zero-order chi connectivity index (χ0) is 28.9. The first-order chi connectivity index (χ1) is 19.8. The molecule has 5 rings (SSSR count). The number of nitrogens with one attached hydrogen (secondary N) is 4. The number of H-pyrrole nitrogens is 2. The minimum atomic E-state index is -0.649. The first-order valence-electron chi connectivity index (χ1n) is 14.5. The van der Waals surface area contributed by atoms with E-state index in [1.54, 1.807) is 4.90 Å². The molecule has 0 unspecified atom stereocenters. The van der Waals surface area contributed by atoms with E-state index in [0.29, 0.717) is 32.4 Å². The van der Waals surface area contributed by atoms with Gasteiger partial charge in [0.1, 0.15) is 0 Å². The first kappa shape index (κ1) is 28.4. The van der Waals surface area contributed by atoms with Crippen LogP contribution in [0.4, 0.5) is 0 Å². The lowest BCUT2D eigenvalue weighted by molar-refractivity contribution is -0.132. The maximum Gasteiger partial charge on any atom is 0.239 e. The number of benzene rings is 2. The quantitative estimate of drug-likeness (QED) is 0.194. The number of aromatic amines is 2. The Morgan fingerprint density at radius 1 is 0.829 bits per heavy atom. The van der Waals surface area contributed by atoms with E-state index >= 15 is 0 Å². The number of aromatic nitrogens is 2. The van der Waals surface area contributed by atoms with E-state index in [9.17, 15) is 14.4 Å². The van der Waals surface area contributed by atoms with Crippen LogP contribution >= 0.6 is 0 Å². The molecule has 1 aliphatic rings. The normalized spacial score (nSPS) is 17.8. The van der Waals surface area contributed by atoms with E-state index in [-0.39, 0.29) is 36.7 Å². The van der Waals surface area contributed by atoms with E-state index < -0.39 is 17.9 Å². The largest absolute Gasteiger partial charge is 0.361 e. The Kier molecular flexibility index (Phi) is 8.73. The van der Waals surface area contributed by atoms with Crippen molar-refractivity contribution in [1.82, 2.24) is 25.5 Å². The van der Waals surface area contributed by atoms with Gasteiger partial charge in [0.15, 0.2) is 0 Å². The van der Waals surface area contributed by atoms with Gasteiger partial charge in [-0.15, -0.1) is 0 Å². The molecule has 41 heavy (non-hydrogen) atoms. The van der Waals surface area contributed by atoms with E-state index in [2.05, 4.69) is 32.7 Å². The van der Waals surface area contributed by atoms with Crippen molar-refractivity contribution in [2.75, 3.05) is 26.2 Å². The molecule has 216 valence electrons. The van der Waals surface area contributed by atoms with Crippen LogP contribution in [0.25, 0.3) is 21.8 Å². The number of nitrogens with two attached hydrogens (primary N) is 1. The fourth-order valence-corrected chi connectivity index (χ4v) is 5.94. The van der Waals surface area contributed by atoms with Gasteiger partial charge in [-0.25, -0.2) is 0 Å². The predicted molar refractivity (Wildman–Crippen MR) is 161 cm³/mol. The number of rotatable bonds is 11. The van der Waals surface area contributed by atoms with Crippen molar-refractivity contribution < 1.29 is 14.4 Å². The molecule has 0 spiro atoms. The Bertz CT molecular complexity index is 1420. The molecule has 4 aromatic rings. The van der Waals surface area contributed by atoms with Gasteiger partial charge in [-0.3, -0.25) is 14.4 Å². The van der Waals surface area contributed by atoms with Crippen molar-refractivity contribution >= 4 is 39.5 Å². The highest BCUT2D eigenvalue weighted by Gasteiger charge is 2.44. The second-order valence-electron chi connectivity index (χ2n) is 11.5. The fraction of sp³-hybridized carbons (Fsp3) is 0.406. The number of hydrogen-bond acceptors (Lipinski definition) is 4. The van der Waals surface area contributed by atoms with Crippen molar-refractivity contribution in [3.8, 4) is 0 Å². The predicted octanol–water partition coefficient (Wildman–Crippen LogP) is 3.11. The van der Waals surface area contributed by atoms with Crippen LogP contribution in [0.2, 0.25) is 0 Å². The summed E-state index contributed by atoms with van der Waals surface area (Å²) in [6.45, 7) is 5.28. The SMILES string of the molecule is CC(C)C[C@H](N)C(=O)N1C[C@@H](C(=O)NCCc2c[nH]c3ccccc23)[C@H](C(=O)NCCc2c[nH]c3ccccc23)C1. The zero-order valence-corrected chi connectivity index (χ0v) is 23.8. The number of likely N-dealkylation sites (tertiary alicyclic amines) is 1. The summed E-state index contributed by atoms with van der Waals surface area (Å²) >= 11 is 0. The second kappa shape index (κ2) is 12.6. The third-order valence-corrected chi connectivity index (χ3v) is 8.08. The van der Waals surface area contributed by atoms with Gasteiger partial charge >= 0.3 is 0 Å². The topological polar surface area (TPSA) is 136 Å². The van der Waals surface area contributed by atoms with Crippen molar-refractivity contribution in [2.45, 2.75) is 39.2 Å². The molecule has 1 saturated heterocycles. The van der Waals surface area contributed by atoms with Crippen LogP contribution in [0.3, 0.4) is 0 Å². The number of carbonyl (C=O) groups excluding carboxylic acids is 3. The Morgan fingerprint density at radius 3 is 1.76 bits per heavy atom. The summed E-state index contributed by atoms with van der Waals surface area (Å²) in [6.07, 6.45) is 5.80. The van der Waals surface area contributed by atoms with Crippen LogP contribution in [-0.2, 0) is 27.2 Å². The Morgan fingerprint density at radius 2 is 1.29 bits per heavy atom. The molecule has 2 aromatic heterocycles. The number of para-hydroxylation sites is 2. The third-order valence-electron chi connectivity index (χ3n) is 8.08. The minimum absolute atomic E-state index is 0.185. The number of amides is 3. The highest BCUT2D eigenvalue weighted by Crippen LogP contribution is 2.26. The van der Waals surface area contributed by atoms with Gasteiger partial charge in [-0.05, 0) is 48.4 Å². The lowest BCUT2D eigenvalue weighted by Gasteiger charge is -2.22. The zero-order valence-electron chi connectivity index (χ0n) is 23.8. The maximum atomic E-state index is 13.4. The minimum Gasteiger partial charge on any atom is -0.361 e. The molecule has 1 aliphatic heterocycles. The van der Waals surface area contributed by atoms with Gasteiger partial charge in [0.25, 0.3) is 0 Å². The van der Waals surface area contributed by atoms with Crippen LogP contribution in [-0.4, -0.2) is 64.8 Å². The number of carbonyl (C=O) groups is 3. The molecular formula is C32H40N6O3.